The topological polar surface area (TPSA) is 46.5 Å². The van der Waals surface area contributed by atoms with E-state index < -0.39 is 24.7 Å². The smallest absolute Gasteiger partial charge is 0.422 e. The van der Waals surface area contributed by atoms with Gasteiger partial charge in [-0.1, -0.05) is 60.7 Å². The molecule has 1 N–H and O–H groups in total. The molecular formula is C22H22ClF3O3. The van der Waals surface area contributed by atoms with E-state index in [1.165, 1.54) is 6.07 Å². The predicted octanol–water partition coefficient (Wildman–Crippen LogP) is 6.61. The zero-order valence-electron chi connectivity index (χ0n) is 15.9. The van der Waals surface area contributed by atoms with E-state index in [1.807, 2.05) is 19.1 Å². The zero-order chi connectivity index (χ0) is 21.2. The van der Waals surface area contributed by atoms with Crippen LogP contribution >= 0.6 is 11.6 Å². The molecule has 7 heteroatoms. The second-order valence-corrected chi connectivity index (χ2v) is 7.98. The van der Waals surface area contributed by atoms with Crippen molar-refractivity contribution in [3.05, 3.63) is 52.5 Å². The number of ether oxygens (including phenoxy) is 1. The summed E-state index contributed by atoms with van der Waals surface area (Å²) in [6, 6.07) is 10.2. The molecular weight excluding hydrogens is 405 g/mol. The minimum absolute atomic E-state index is 0.0258. The Balaban J connectivity index is 2.04. The van der Waals surface area contributed by atoms with Gasteiger partial charge in [0.15, 0.2) is 6.61 Å². The molecule has 1 aliphatic rings. The molecule has 0 saturated heterocycles. The predicted molar refractivity (Wildman–Crippen MR) is 106 cm³/mol. The van der Waals surface area contributed by atoms with Gasteiger partial charge in [-0.3, -0.25) is 4.79 Å². The minimum atomic E-state index is -4.51. The third-order valence-corrected chi connectivity index (χ3v) is 5.58. The highest BCUT2D eigenvalue weighted by Gasteiger charge is 2.31. The Kier molecular flexibility index (Phi) is 6.42. The number of aliphatic carboxylic acids is 1. The Morgan fingerprint density at radius 3 is 2.41 bits per heavy atom. The molecule has 2 aromatic rings. The Labute approximate surface area is 172 Å². The molecule has 3 rings (SSSR count). The molecule has 3 nitrogen and oxygen atoms in total. The average Bonchev–Trinajstić information content (AvgIpc) is 2.58. The van der Waals surface area contributed by atoms with Crippen molar-refractivity contribution in [2.24, 2.45) is 5.92 Å². The number of rotatable bonds is 7. The minimum Gasteiger partial charge on any atom is -0.482 e. The Bertz CT molecular complexity index is 874. The van der Waals surface area contributed by atoms with Crippen LogP contribution in [0.15, 0.2) is 36.4 Å². The molecule has 156 valence electrons. The van der Waals surface area contributed by atoms with Crippen LogP contribution in [-0.2, 0) is 4.79 Å². The molecule has 1 fully saturated rings. The summed E-state index contributed by atoms with van der Waals surface area (Å²) in [5.74, 6) is -1.48. The zero-order valence-corrected chi connectivity index (χ0v) is 16.7. The first kappa shape index (κ1) is 21.5. The molecule has 0 aliphatic heterocycles. The second kappa shape index (κ2) is 8.66. The van der Waals surface area contributed by atoms with Gasteiger partial charge in [-0.2, -0.15) is 13.2 Å². The van der Waals surface area contributed by atoms with Gasteiger partial charge in [-0.05, 0) is 42.5 Å². The molecule has 0 spiro atoms. The highest BCUT2D eigenvalue weighted by molar-refractivity contribution is 6.32. The van der Waals surface area contributed by atoms with Gasteiger partial charge in [-0.25, -0.2) is 0 Å². The Morgan fingerprint density at radius 1 is 1.24 bits per heavy atom. The third kappa shape index (κ3) is 5.44. The number of carboxylic acids is 1. The number of hydrogen-bond acceptors (Lipinski definition) is 2. The third-order valence-electron chi connectivity index (χ3n) is 5.30. The average molecular weight is 427 g/mol. The fourth-order valence-corrected chi connectivity index (χ4v) is 3.79. The van der Waals surface area contributed by atoms with Crippen molar-refractivity contribution in [1.82, 2.24) is 0 Å². The van der Waals surface area contributed by atoms with Crippen LogP contribution in [0.25, 0.3) is 11.1 Å². The van der Waals surface area contributed by atoms with Crippen molar-refractivity contribution in [2.45, 2.75) is 44.7 Å². The number of alkyl halides is 3. The van der Waals surface area contributed by atoms with Crippen molar-refractivity contribution in [1.29, 1.82) is 0 Å². The summed E-state index contributed by atoms with van der Waals surface area (Å²) in [6.45, 7) is 0.419. The lowest BCUT2D eigenvalue weighted by molar-refractivity contribution is -0.153. The van der Waals surface area contributed by atoms with E-state index in [-0.39, 0.29) is 10.8 Å². The van der Waals surface area contributed by atoms with Crippen LogP contribution in [0, 0.1) is 12.8 Å². The van der Waals surface area contributed by atoms with E-state index in [9.17, 15) is 23.1 Å². The first-order valence-electron chi connectivity index (χ1n) is 9.47. The standard InChI is InChI=1S/C22H22ClF3O3/c1-13-5-7-15(8-6-13)17-10-16(18(21(27)28)9-14-3-2-4-14)11-19(23)20(17)29-12-22(24,25)26/h5-8,10-11,14,18H,2-4,9,12H2,1H3,(H,27,28). The number of hydrogen-bond donors (Lipinski definition) is 1. The van der Waals surface area contributed by atoms with Crippen molar-refractivity contribution in [3.8, 4) is 16.9 Å². The monoisotopic (exact) mass is 426 g/mol. The van der Waals surface area contributed by atoms with Crippen molar-refractivity contribution in [3.63, 3.8) is 0 Å². The van der Waals surface area contributed by atoms with E-state index in [2.05, 4.69) is 0 Å². The first-order chi connectivity index (χ1) is 13.6. The van der Waals surface area contributed by atoms with E-state index >= 15 is 0 Å². The lowest BCUT2D eigenvalue weighted by Gasteiger charge is -2.28. The Hall–Kier alpha value is -2.21. The van der Waals surface area contributed by atoms with E-state index in [4.69, 9.17) is 16.3 Å². The molecule has 1 saturated carbocycles. The van der Waals surface area contributed by atoms with Crippen molar-refractivity contribution < 1.29 is 27.8 Å². The summed E-state index contributed by atoms with van der Waals surface area (Å²) in [7, 11) is 0. The molecule has 1 aliphatic carbocycles. The summed E-state index contributed by atoms with van der Waals surface area (Å²) in [4.78, 5) is 11.9. The van der Waals surface area contributed by atoms with E-state index in [1.54, 1.807) is 18.2 Å². The molecule has 0 amide bonds. The molecule has 29 heavy (non-hydrogen) atoms. The maximum atomic E-state index is 12.7. The number of benzene rings is 2. The van der Waals surface area contributed by atoms with E-state index in [0.29, 0.717) is 29.0 Å². The van der Waals surface area contributed by atoms with Crippen LogP contribution in [0.1, 0.15) is 42.7 Å². The summed E-state index contributed by atoms with van der Waals surface area (Å²) in [5, 5.41) is 9.71. The van der Waals surface area contributed by atoms with Gasteiger partial charge in [0.1, 0.15) is 5.75 Å². The van der Waals surface area contributed by atoms with Gasteiger partial charge in [-0.15, -0.1) is 0 Å². The van der Waals surface area contributed by atoms with Crippen molar-refractivity contribution >= 4 is 17.6 Å². The van der Waals surface area contributed by atoms with Crippen LogP contribution in [0.3, 0.4) is 0 Å². The molecule has 1 atom stereocenters. The van der Waals surface area contributed by atoms with Crippen LogP contribution in [0.4, 0.5) is 13.2 Å². The maximum Gasteiger partial charge on any atom is 0.422 e. The van der Waals surface area contributed by atoms with Gasteiger partial charge in [0.2, 0.25) is 0 Å². The lowest BCUT2D eigenvalue weighted by Crippen LogP contribution is -2.21. The number of carbonyl (C=O) groups is 1. The quantitative estimate of drug-likeness (QED) is 0.541. The largest absolute Gasteiger partial charge is 0.482 e. The normalized spacial score (nSPS) is 15.6. The van der Waals surface area contributed by atoms with Gasteiger partial charge in [0.05, 0.1) is 10.9 Å². The lowest BCUT2D eigenvalue weighted by atomic mass is 9.77. The molecule has 1 unspecified atom stereocenters. The van der Waals surface area contributed by atoms with Crippen molar-refractivity contribution in [2.75, 3.05) is 6.61 Å². The summed E-state index contributed by atoms with van der Waals surface area (Å²) in [6.07, 6.45) is -0.942. The number of aryl methyl sites for hydroxylation is 1. The SMILES string of the molecule is Cc1ccc(-c2cc(C(CC3CCC3)C(=O)O)cc(Cl)c2OCC(F)(F)F)cc1. The highest BCUT2D eigenvalue weighted by Crippen LogP contribution is 2.43. The summed E-state index contributed by atoms with van der Waals surface area (Å²) in [5.41, 5.74) is 2.44. The van der Waals surface area contributed by atoms with Crippen LogP contribution in [0.2, 0.25) is 5.02 Å². The number of halogens is 4. The first-order valence-corrected chi connectivity index (χ1v) is 9.84. The summed E-state index contributed by atoms with van der Waals surface area (Å²) < 4.78 is 43.2. The fourth-order valence-electron chi connectivity index (χ4n) is 3.51. The molecule has 0 bridgehead atoms. The molecule has 0 heterocycles. The number of carboxylic acid groups (broad SMARTS) is 1. The second-order valence-electron chi connectivity index (χ2n) is 7.57. The maximum absolute atomic E-state index is 12.7. The van der Waals surface area contributed by atoms with E-state index in [0.717, 1.165) is 24.8 Å². The Morgan fingerprint density at radius 2 is 1.90 bits per heavy atom. The fraction of sp³-hybridized carbons (Fsp3) is 0.409. The van der Waals surface area contributed by atoms with Crippen LogP contribution in [-0.4, -0.2) is 23.9 Å². The van der Waals surface area contributed by atoms with Gasteiger partial charge < -0.3 is 9.84 Å². The van der Waals surface area contributed by atoms with Crippen LogP contribution in [0.5, 0.6) is 5.75 Å². The van der Waals surface area contributed by atoms with Gasteiger partial charge >= 0.3 is 12.1 Å². The highest BCUT2D eigenvalue weighted by atomic mass is 35.5. The van der Waals surface area contributed by atoms with Gasteiger partial charge in [0, 0.05) is 5.56 Å². The summed E-state index contributed by atoms with van der Waals surface area (Å²) >= 11 is 6.29. The molecule has 0 aromatic heterocycles. The molecule has 2 aromatic carbocycles. The van der Waals surface area contributed by atoms with Gasteiger partial charge in [0.25, 0.3) is 0 Å². The molecule has 0 radical (unpaired) electrons. The van der Waals surface area contributed by atoms with Crippen LogP contribution < -0.4 is 4.74 Å².